The van der Waals surface area contributed by atoms with Gasteiger partial charge in [0.15, 0.2) is 0 Å². The quantitative estimate of drug-likeness (QED) is 0.227. The smallest absolute Gasteiger partial charge is 0.256 e. The van der Waals surface area contributed by atoms with Gasteiger partial charge in [-0.3, -0.25) is 9.59 Å². The predicted molar refractivity (Wildman–Crippen MR) is 132 cm³/mol. The summed E-state index contributed by atoms with van der Waals surface area (Å²) in [6.07, 6.45) is 1.17. The highest BCUT2D eigenvalue weighted by molar-refractivity contribution is 7.22. The summed E-state index contributed by atoms with van der Waals surface area (Å²) in [5.74, 6) is -0.407. The van der Waals surface area contributed by atoms with Crippen LogP contribution in [0.1, 0.15) is 15.9 Å². The van der Waals surface area contributed by atoms with Crippen molar-refractivity contribution >= 4 is 55.8 Å². The van der Waals surface area contributed by atoms with Crippen molar-refractivity contribution in [2.75, 3.05) is 11.1 Å². The number of benzene rings is 3. The minimum Gasteiger partial charge on any atom is -0.398 e. The number of pyridine rings is 1. The molecule has 0 saturated heterocycles. The van der Waals surface area contributed by atoms with E-state index in [1.807, 2.05) is 30.3 Å². The van der Waals surface area contributed by atoms with E-state index in [1.54, 1.807) is 41.7 Å². The Bertz CT molecular complexity index is 1550. The van der Waals surface area contributed by atoms with Crippen molar-refractivity contribution < 1.29 is 4.79 Å². The molecule has 0 saturated carbocycles. The summed E-state index contributed by atoms with van der Waals surface area (Å²) >= 11 is 1.60. The van der Waals surface area contributed by atoms with Crippen molar-refractivity contribution in [1.82, 2.24) is 4.98 Å². The fourth-order valence-electron chi connectivity index (χ4n) is 3.78. The van der Waals surface area contributed by atoms with Crippen LogP contribution in [-0.4, -0.2) is 17.1 Å². The maximum absolute atomic E-state index is 13.1. The maximum Gasteiger partial charge on any atom is 0.256 e. The number of thiophene rings is 1. The number of nitrogens with one attached hydrogen (secondary N) is 3. The highest BCUT2D eigenvalue weighted by Crippen LogP contribution is 2.39. The average Bonchev–Trinajstić information content (AvgIpc) is 3.23. The number of fused-ring (bicyclic) bond motifs is 2. The van der Waals surface area contributed by atoms with Gasteiger partial charge in [0, 0.05) is 55.3 Å². The van der Waals surface area contributed by atoms with E-state index in [-0.39, 0.29) is 11.1 Å². The van der Waals surface area contributed by atoms with Crippen LogP contribution in [0.25, 0.3) is 31.4 Å². The van der Waals surface area contributed by atoms with E-state index < -0.39 is 5.91 Å². The zero-order valence-electron chi connectivity index (χ0n) is 16.8. The Balaban J connectivity index is 1.59. The SMILES string of the molecule is N=Cc1cc(NC(=O)c2cc(=O)[nH]c3ccccc23)cc(-c2cc3ccccc3s2)c1N. The van der Waals surface area contributed by atoms with Crippen LogP contribution in [0, 0.1) is 5.41 Å². The first-order valence-corrected chi connectivity index (χ1v) is 10.7. The van der Waals surface area contributed by atoms with Crippen LogP contribution < -0.4 is 16.6 Å². The molecule has 0 unspecified atom stereocenters. The molecule has 32 heavy (non-hydrogen) atoms. The van der Waals surface area contributed by atoms with Gasteiger partial charge in [0.2, 0.25) is 5.56 Å². The van der Waals surface area contributed by atoms with Crippen LogP contribution in [0.4, 0.5) is 11.4 Å². The number of nitrogen functional groups attached to an aromatic ring is 1. The molecule has 0 radical (unpaired) electrons. The van der Waals surface area contributed by atoms with Gasteiger partial charge in [-0.15, -0.1) is 11.3 Å². The van der Waals surface area contributed by atoms with Gasteiger partial charge in [0.25, 0.3) is 5.91 Å². The summed E-state index contributed by atoms with van der Waals surface area (Å²) < 4.78 is 1.13. The molecule has 0 fully saturated rings. The fraction of sp³-hybridized carbons (Fsp3) is 0. The lowest BCUT2D eigenvalue weighted by molar-refractivity contribution is 0.102. The third-order valence-corrected chi connectivity index (χ3v) is 6.46. The van der Waals surface area contributed by atoms with E-state index in [4.69, 9.17) is 11.1 Å². The van der Waals surface area contributed by atoms with E-state index in [9.17, 15) is 9.59 Å². The molecule has 6 nitrogen and oxygen atoms in total. The van der Waals surface area contributed by atoms with Gasteiger partial charge in [0.1, 0.15) is 0 Å². The van der Waals surface area contributed by atoms with Gasteiger partial charge in [0.05, 0.1) is 5.56 Å². The number of H-pyrrole nitrogens is 1. The Morgan fingerprint density at radius 3 is 2.62 bits per heavy atom. The van der Waals surface area contributed by atoms with E-state index in [0.717, 1.165) is 20.5 Å². The Hall–Kier alpha value is -4.23. The van der Waals surface area contributed by atoms with E-state index >= 15 is 0 Å². The lowest BCUT2D eigenvalue weighted by Crippen LogP contribution is -2.17. The molecule has 0 atom stereocenters. The first-order chi connectivity index (χ1) is 15.5. The summed E-state index contributed by atoms with van der Waals surface area (Å²) in [6.45, 7) is 0. The molecule has 0 aliphatic heterocycles. The average molecular weight is 439 g/mol. The molecule has 5 aromatic rings. The Morgan fingerprint density at radius 2 is 1.81 bits per heavy atom. The van der Waals surface area contributed by atoms with E-state index in [2.05, 4.69) is 16.4 Å². The second kappa shape index (κ2) is 7.79. The van der Waals surface area contributed by atoms with Crippen molar-refractivity contribution in [3.63, 3.8) is 0 Å². The lowest BCUT2D eigenvalue weighted by Gasteiger charge is -2.13. The largest absolute Gasteiger partial charge is 0.398 e. The molecule has 2 aromatic heterocycles. The Morgan fingerprint density at radius 1 is 1.03 bits per heavy atom. The summed E-state index contributed by atoms with van der Waals surface area (Å²) in [5.41, 5.74) is 9.10. The topological polar surface area (TPSA) is 112 Å². The molecule has 7 heteroatoms. The van der Waals surface area contributed by atoms with Gasteiger partial charge >= 0.3 is 0 Å². The number of hydrogen-bond acceptors (Lipinski definition) is 5. The molecule has 5 N–H and O–H groups in total. The first-order valence-electron chi connectivity index (χ1n) is 9.90. The number of nitrogens with two attached hydrogens (primary N) is 1. The molecular formula is C25H18N4O2S. The number of carbonyl (C=O) groups is 1. The minimum absolute atomic E-state index is 0.279. The predicted octanol–water partition coefficient (Wildman–Crippen LogP) is 5.24. The molecule has 0 bridgehead atoms. The molecule has 0 spiro atoms. The highest BCUT2D eigenvalue weighted by Gasteiger charge is 2.16. The summed E-state index contributed by atoms with van der Waals surface area (Å²) in [7, 11) is 0. The van der Waals surface area contributed by atoms with Crippen LogP contribution in [0.15, 0.2) is 77.6 Å². The number of anilines is 2. The standard InChI is InChI=1S/C25H18N4O2S/c26-13-15-9-16(11-19(24(15)27)22-10-14-5-1-4-8-21(14)32-22)28-25(31)18-12-23(30)29-20-7-3-2-6-17(18)20/h1-13,26H,27H2,(H,28,31)(H,29,30). The van der Waals surface area contributed by atoms with Gasteiger partial charge in [-0.2, -0.15) is 0 Å². The zero-order chi connectivity index (χ0) is 22.2. The number of hydrogen-bond donors (Lipinski definition) is 4. The summed E-state index contributed by atoms with van der Waals surface area (Å²) in [6, 6.07) is 22.0. The molecule has 5 rings (SSSR count). The maximum atomic E-state index is 13.1. The summed E-state index contributed by atoms with van der Waals surface area (Å²) in [4.78, 5) is 28.8. The van der Waals surface area contributed by atoms with Crippen LogP contribution >= 0.6 is 11.3 Å². The molecule has 156 valence electrons. The van der Waals surface area contributed by atoms with Crippen molar-refractivity contribution in [3.8, 4) is 10.4 Å². The molecule has 3 aromatic carbocycles. The van der Waals surface area contributed by atoms with E-state index in [1.165, 1.54) is 12.3 Å². The Labute approximate surface area is 186 Å². The molecule has 1 amide bonds. The monoisotopic (exact) mass is 438 g/mol. The number of amides is 1. The number of para-hydroxylation sites is 1. The molecular weight excluding hydrogens is 420 g/mol. The van der Waals surface area contributed by atoms with Crippen LogP contribution in [0.5, 0.6) is 0 Å². The Kier molecular flexibility index (Phi) is 4.80. The lowest BCUT2D eigenvalue weighted by atomic mass is 10.0. The van der Waals surface area contributed by atoms with Gasteiger partial charge in [-0.05, 0) is 35.7 Å². The third-order valence-electron chi connectivity index (χ3n) is 5.31. The van der Waals surface area contributed by atoms with Crippen molar-refractivity contribution in [2.45, 2.75) is 0 Å². The van der Waals surface area contributed by atoms with Gasteiger partial charge < -0.3 is 21.4 Å². The second-order valence-corrected chi connectivity index (χ2v) is 8.45. The third kappa shape index (κ3) is 3.44. The van der Waals surface area contributed by atoms with Crippen LogP contribution in [-0.2, 0) is 0 Å². The summed E-state index contributed by atoms with van der Waals surface area (Å²) in [5, 5.41) is 12.4. The van der Waals surface area contributed by atoms with Crippen molar-refractivity contribution in [1.29, 1.82) is 5.41 Å². The van der Waals surface area contributed by atoms with Crippen LogP contribution in [0.3, 0.4) is 0 Å². The number of aromatic amines is 1. The number of carbonyl (C=O) groups excluding carboxylic acids is 1. The fourth-order valence-corrected chi connectivity index (χ4v) is 4.87. The van der Waals surface area contributed by atoms with Crippen molar-refractivity contribution in [2.24, 2.45) is 0 Å². The molecule has 0 aliphatic carbocycles. The van der Waals surface area contributed by atoms with Crippen molar-refractivity contribution in [3.05, 3.63) is 94.3 Å². The van der Waals surface area contributed by atoms with Gasteiger partial charge in [-0.1, -0.05) is 36.4 Å². The second-order valence-electron chi connectivity index (χ2n) is 7.37. The number of rotatable bonds is 4. The molecule has 2 heterocycles. The highest BCUT2D eigenvalue weighted by atomic mass is 32.1. The number of aromatic nitrogens is 1. The zero-order valence-corrected chi connectivity index (χ0v) is 17.6. The first kappa shape index (κ1) is 19.7. The van der Waals surface area contributed by atoms with Gasteiger partial charge in [-0.25, -0.2) is 0 Å². The van der Waals surface area contributed by atoms with Crippen LogP contribution in [0.2, 0.25) is 0 Å². The minimum atomic E-state index is -0.407. The molecule has 0 aliphatic rings. The van der Waals surface area contributed by atoms with E-state index in [0.29, 0.717) is 27.8 Å². The normalized spacial score (nSPS) is 11.0.